The molecule has 21 heavy (non-hydrogen) atoms. The summed E-state index contributed by atoms with van der Waals surface area (Å²) in [6.07, 6.45) is 2.90. The van der Waals surface area contributed by atoms with Crippen molar-refractivity contribution in [1.82, 2.24) is 10.3 Å². The van der Waals surface area contributed by atoms with Crippen molar-refractivity contribution in [3.8, 4) is 0 Å². The van der Waals surface area contributed by atoms with E-state index in [9.17, 15) is 0 Å². The Bertz CT molecular complexity index is 515. The van der Waals surface area contributed by atoms with Gasteiger partial charge in [-0.3, -0.25) is 4.98 Å². The molecule has 0 fully saturated rings. The van der Waals surface area contributed by atoms with E-state index in [1.54, 1.807) is 11.3 Å². The lowest BCUT2D eigenvalue weighted by Crippen LogP contribution is -2.35. The van der Waals surface area contributed by atoms with Crippen LogP contribution < -0.4 is 5.32 Å². The smallest absolute Gasteiger partial charge is 0.0887 e. The summed E-state index contributed by atoms with van der Waals surface area (Å²) in [6.45, 7) is 8.66. The van der Waals surface area contributed by atoms with Gasteiger partial charge in [0, 0.05) is 29.6 Å². The fourth-order valence-corrected chi connectivity index (χ4v) is 2.51. The number of rotatable bonds is 7. The van der Waals surface area contributed by atoms with E-state index in [4.69, 9.17) is 4.74 Å². The molecule has 0 aromatic carbocycles. The Morgan fingerprint density at radius 2 is 2.10 bits per heavy atom. The van der Waals surface area contributed by atoms with E-state index < -0.39 is 0 Å². The number of thiophene rings is 1. The Hall–Kier alpha value is -1.23. The van der Waals surface area contributed by atoms with Gasteiger partial charge >= 0.3 is 0 Å². The summed E-state index contributed by atoms with van der Waals surface area (Å²) in [5, 5.41) is 5.55. The normalized spacial score (nSPS) is 11.8. The van der Waals surface area contributed by atoms with Gasteiger partial charge in [-0.1, -0.05) is 12.1 Å². The fraction of sp³-hybridized carbons (Fsp3) is 0.471. The van der Waals surface area contributed by atoms with Crippen molar-refractivity contribution in [2.24, 2.45) is 0 Å². The molecule has 0 amide bonds. The van der Waals surface area contributed by atoms with Crippen LogP contribution in [0.15, 0.2) is 35.8 Å². The molecule has 4 heteroatoms. The van der Waals surface area contributed by atoms with Gasteiger partial charge in [0.25, 0.3) is 0 Å². The lowest BCUT2D eigenvalue weighted by molar-refractivity contribution is 0.121. The summed E-state index contributed by atoms with van der Waals surface area (Å²) in [5.41, 5.74) is 2.32. The first-order valence-corrected chi connectivity index (χ1v) is 8.20. The van der Waals surface area contributed by atoms with Crippen LogP contribution in [0.1, 0.15) is 36.9 Å². The van der Waals surface area contributed by atoms with Crippen molar-refractivity contribution >= 4 is 11.3 Å². The minimum atomic E-state index is 0.129. The zero-order valence-electron chi connectivity index (χ0n) is 13.1. The van der Waals surface area contributed by atoms with Crippen LogP contribution in [0.4, 0.5) is 0 Å². The predicted octanol–water partition coefficient (Wildman–Crippen LogP) is 3.79. The Morgan fingerprint density at radius 3 is 2.71 bits per heavy atom. The third-order valence-electron chi connectivity index (χ3n) is 3.03. The van der Waals surface area contributed by atoms with Crippen LogP contribution in [-0.2, 0) is 24.3 Å². The summed E-state index contributed by atoms with van der Waals surface area (Å²) < 4.78 is 5.68. The van der Waals surface area contributed by atoms with Crippen LogP contribution in [-0.4, -0.2) is 17.1 Å². The van der Waals surface area contributed by atoms with E-state index >= 15 is 0 Å². The molecule has 0 saturated carbocycles. The van der Waals surface area contributed by atoms with Crippen LogP contribution in [0, 0.1) is 0 Å². The Labute approximate surface area is 131 Å². The van der Waals surface area contributed by atoms with Crippen LogP contribution in [0.3, 0.4) is 0 Å². The second-order valence-corrected chi connectivity index (χ2v) is 7.18. The molecule has 2 aromatic heterocycles. The van der Waals surface area contributed by atoms with Gasteiger partial charge in [0.05, 0.1) is 18.9 Å². The highest BCUT2D eigenvalue weighted by molar-refractivity contribution is 7.09. The van der Waals surface area contributed by atoms with Crippen molar-refractivity contribution in [2.45, 2.75) is 45.9 Å². The maximum atomic E-state index is 5.68. The molecule has 0 atom stereocenters. The van der Waals surface area contributed by atoms with Crippen LogP contribution in [0.2, 0.25) is 0 Å². The van der Waals surface area contributed by atoms with Crippen LogP contribution in [0.5, 0.6) is 0 Å². The molecule has 3 nitrogen and oxygen atoms in total. The highest BCUT2D eigenvalue weighted by Crippen LogP contribution is 2.10. The number of pyridine rings is 1. The van der Waals surface area contributed by atoms with Gasteiger partial charge in [0.15, 0.2) is 0 Å². The zero-order chi connectivity index (χ0) is 15.1. The average Bonchev–Trinajstić information content (AvgIpc) is 2.95. The first-order chi connectivity index (χ1) is 10.0. The monoisotopic (exact) mass is 304 g/mol. The van der Waals surface area contributed by atoms with Gasteiger partial charge < -0.3 is 10.1 Å². The lowest BCUT2D eigenvalue weighted by atomic mass is 10.1. The maximum Gasteiger partial charge on any atom is 0.0887 e. The summed E-state index contributed by atoms with van der Waals surface area (Å²) in [5.74, 6) is 0. The van der Waals surface area contributed by atoms with Crippen LogP contribution >= 0.6 is 11.3 Å². The Kier molecular flexibility index (Phi) is 5.91. The molecule has 0 unspecified atom stereocenters. The molecule has 0 aliphatic carbocycles. The van der Waals surface area contributed by atoms with Crippen molar-refractivity contribution in [3.63, 3.8) is 0 Å². The van der Waals surface area contributed by atoms with E-state index in [0.717, 1.165) is 25.3 Å². The third kappa shape index (κ3) is 6.38. The van der Waals surface area contributed by atoms with E-state index in [1.165, 1.54) is 10.4 Å². The number of hydrogen-bond acceptors (Lipinski definition) is 4. The highest BCUT2D eigenvalue weighted by atomic mass is 32.1. The zero-order valence-corrected chi connectivity index (χ0v) is 13.9. The molecule has 2 heterocycles. The minimum absolute atomic E-state index is 0.129. The van der Waals surface area contributed by atoms with E-state index in [-0.39, 0.29) is 5.54 Å². The average molecular weight is 304 g/mol. The molecule has 0 spiro atoms. The van der Waals surface area contributed by atoms with Crippen molar-refractivity contribution < 1.29 is 4.74 Å². The molecular weight excluding hydrogens is 280 g/mol. The third-order valence-corrected chi connectivity index (χ3v) is 3.97. The molecule has 2 rings (SSSR count). The highest BCUT2D eigenvalue weighted by Gasteiger charge is 2.08. The SMILES string of the molecule is CC(C)(C)NCc1ccc(COCCc2cccs2)nc1. The van der Waals surface area contributed by atoms with Gasteiger partial charge in [0.2, 0.25) is 0 Å². The van der Waals surface area contributed by atoms with Crippen molar-refractivity contribution in [3.05, 3.63) is 52.0 Å². The number of aromatic nitrogens is 1. The quantitative estimate of drug-likeness (QED) is 0.790. The molecule has 2 aromatic rings. The molecule has 0 aliphatic rings. The summed E-state index contributed by atoms with van der Waals surface area (Å²) in [7, 11) is 0. The molecule has 114 valence electrons. The number of nitrogens with zero attached hydrogens (tertiary/aromatic N) is 1. The number of ether oxygens (including phenoxy) is 1. The number of hydrogen-bond donors (Lipinski definition) is 1. The van der Waals surface area contributed by atoms with Crippen molar-refractivity contribution in [2.75, 3.05) is 6.61 Å². The van der Waals surface area contributed by atoms with Gasteiger partial charge in [-0.2, -0.15) is 0 Å². The summed E-state index contributed by atoms with van der Waals surface area (Å²) in [6, 6.07) is 8.38. The lowest BCUT2D eigenvalue weighted by Gasteiger charge is -2.20. The van der Waals surface area contributed by atoms with Gasteiger partial charge in [-0.25, -0.2) is 0 Å². The van der Waals surface area contributed by atoms with E-state index in [2.05, 4.69) is 54.7 Å². The topological polar surface area (TPSA) is 34.1 Å². The second kappa shape index (κ2) is 7.69. The fourth-order valence-electron chi connectivity index (χ4n) is 1.82. The maximum absolute atomic E-state index is 5.68. The first-order valence-electron chi connectivity index (χ1n) is 7.32. The standard InChI is InChI=1S/C17H24N2OS/c1-17(2,3)19-12-14-6-7-15(18-11-14)13-20-9-8-16-5-4-10-21-16/h4-7,10-11,19H,8-9,12-13H2,1-3H3. The van der Waals surface area contributed by atoms with E-state index in [0.29, 0.717) is 6.61 Å². The number of nitrogens with one attached hydrogen (secondary N) is 1. The molecule has 0 saturated heterocycles. The van der Waals surface area contributed by atoms with Crippen LogP contribution in [0.25, 0.3) is 0 Å². The largest absolute Gasteiger partial charge is 0.375 e. The predicted molar refractivity (Wildman–Crippen MR) is 88.5 cm³/mol. The molecular formula is C17H24N2OS. The van der Waals surface area contributed by atoms with Gasteiger partial charge in [0.1, 0.15) is 0 Å². The minimum Gasteiger partial charge on any atom is -0.375 e. The Morgan fingerprint density at radius 1 is 1.24 bits per heavy atom. The molecule has 0 aliphatic heterocycles. The Balaban J connectivity index is 1.69. The molecule has 0 bridgehead atoms. The summed E-state index contributed by atoms with van der Waals surface area (Å²) >= 11 is 1.78. The molecule has 1 N–H and O–H groups in total. The molecule has 0 radical (unpaired) electrons. The van der Waals surface area contributed by atoms with Gasteiger partial charge in [-0.05, 0) is 43.8 Å². The van der Waals surface area contributed by atoms with Crippen molar-refractivity contribution in [1.29, 1.82) is 0 Å². The first kappa shape index (κ1) is 16.1. The summed E-state index contributed by atoms with van der Waals surface area (Å²) in [4.78, 5) is 5.82. The second-order valence-electron chi connectivity index (χ2n) is 6.14. The van der Waals surface area contributed by atoms with E-state index in [1.807, 2.05) is 12.3 Å². The van der Waals surface area contributed by atoms with Gasteiger partial charge in [-0.15, -0.1) is 11.3 Å².